The molecular formula is C23H25N5O4. The SMILES string of the molecule is CN1c2ccccc2N(CC(N)=O)C(=O)[C@@H](NC(=O)[C@@H]2CCC(=O)N2)[C@@H]1c1ccccc1. The van der Waals surface area contributed by atoms with Crippen molar-refractivity contribution in [3.63, 3.8) is 0 Å². The Hall–Kier alpha value is -3.88. The smallest absolute Gasteiger partial charge is 0.252 e. The van der Waals surface area contributed by atoms with E-state index in [4.69, 9.17) is 5.73 Å². The van der Waals surface area contributed by atoms with Gasteiger partial charge in [-0.05, 0) is 24.1 Å². The Bertz CT molecular complexity index is 1060. The molecule has 9 heteroatoms. The van der Waals surface area contributed by atoms with Crippen LogP contribution >= 0.6 is 0 Å². The summed E-state index contributed by atoms with van der Waals surface area (Å²) in [6.07, 6.45) is 0.626. The summed E-state index contributed by atoms with van der Waals surface area (Å²) in [5.41, 5.74) is 7.53. The molecule has 0 bridgehead atoms. The number of nitrogens with one attached hydrogen (secondary N) is 2. The highest BCUT2D eigenvalue weighted by molar-refractivity contribution is 6.07. The van der Waals surface area contributed by atoms with Gasteiger partial charge in [0.15, 0.2) is 0 Å². The van der Waals surface area contributed by atoms with Gasteiger partial charge in [0.25, 0.3) is 5.91 Å². The lowest BCUT2D eigenvalue weighted by atomic mass is 9.96. The van der Waals surface area contributed by atoms with Crippen molar-refractivity contribution in [3.8, 4) is 0 Å². The third kappa shape index (κ3) is 4.01. The van der Waals surface area contributed by atoms with Crippen molar-refractivity contribution in [2.75, 3.05) is 23.4 Å². The molecule has 4 N–H and O–H groups in total. The highest BCUT2D eigenvalue weighted by atomic mass is 16.2. The number of carbonyl (C=O) groups is 4. The predicted molar refractivity (Wildman–Crippen MR) is 119 cm³/mol. The number of primary amides is 1. The van der Waals surface area contributed by atoms with Crippen molar-refractivity contribution in [2.24, 2.45) is 5.73 Å². The number of anilines is 2. The molecule has 2 aliphatic rings. The van der Waals surface area contributed by atoms with Crippen LogP contribution in [0.25, 0.3) is 0 Å². The van der Waals surface area contributed by atoms with E-state index in [0.717, 1.165) is 11.3 Å². The Kier molecular flexibility index (Phi) is 5.81. The van der Waals surface area contributed by atoms with E-state index >= 15 is 0 Å². The molecule has 32 heavy (non-hydrogen) atoms. The molecule has 2 aromatic rings. The Morgan fingerprint density at radius 2 is 1.72 bits per heavy atom. The van der Waals surface area contributed by atoms with E-state index in [1.54, 1.807) is 12.1 Å². The summed E-state index contributed by atoms with van der Waals surface area (Å²) in [5, 5.41) is 5.49. The van der Waals surface area contributed by atoms with Gasteiger partial charge in [-0.2, -0.15) is 0 Å². The first-order valence-corrected chi connectivity index (χ1v) is 10.4. The van der Waals surface area contributed by atoms with Crippen LogP contribution in [0.3, 0.4) is 0 Å². The van der Waals surface area contributed by atoms with Crippen molar-refractivity contribution in [1.29, 1.82) is 0 Å². The zero-order chi connectivity index (χ0) is 22.8. The molecule has 1 fully saturated rings. The van der Waals surface area contributed by atoms with E-state index in [1.165, 1.54) is 4.90 Å². The number of rotatable bonds is 5. The lowest BCUT2D eigenvalue weighted by Gasteiger charge is -2.34. The molecule has 4 amide bonds. The van der Waals surface area contributed by atoms with Gasteiger partial charge < -0.3 is 21.3 Å². The Balaban J connectivity index is 1.80. The van der Waals surface area contributed by atoms with Crippen LogP contribution in [0, 0.1) is 0 Å². The first-order chi connectivity index (χ1) is 15.4. The molecule has 2 aliphatic heterocycles. The highest BCUT2D eigenvalue weighted by Gasteiger charge is 2.43. The van der Waals surface area contributed by atoms with Crippen LogP contribution in [0.1, 0.15) is 24.4 Å². The fourth-order valence-corrected chi connectivity index (χ4v) is 4.38. The Labute approximate surface area is 185 Å². The molecular weight excluding hydrogens is 410 g/mol. The van der Waals surface area contributed by atoms with E-state index in [1.807, 2.05) is 54.4 Å². The standard InChI is InChI=1S/C23H25N5O4/c1-27-16-9-5-6-10-17(16)28(13-18(24)29)23(32)20(21(27)14-7-3-2-4-8-14)26-22(31)15-11-12-19(30)25-15/h2-10,15,20-21H,11-13H2,1H3,(H2,24,29)(H,25,30)(H,26,31)/t15-,20-,21-/m0/s1. The predicted octanol–water partition coefficient (Wildman–Crippen LogP) is 0.459. The summed E-state index contributed by atoms with van der Waals surface area (Å²) in [4.78, 5) is 53.4. The second kappa shape index (κ2) is 8.70. The van der Waals surface area contributed by atoms with Crippen molar-refractivity contribution in [3.05, 3.63) is 60.2 Å². The van der Waals surface area contributed by atoms with Crippen molar-refractivity contribution >= 4 is 35.0 Å². The lowest BCUT2D eigenvalue weighted by Crippen LogP contribution is -2.57. The minimum absolute atomic E-state index is 0.197. The zero-order valence-corrected chi connectivity index (χ0v) is 17.7. The molecule has 9 nitrogen and oxygen atoms in total. The molecule has 0 aromatic heterocycles. The van der Waals surface area contributed by atoms with Crippen LogP contribution in [-0.2, 0) is 19.2 Å². The van der Waals surface area contributed by atoms with Gasteiger partial charge in [0.2, 0.25) is 17.7 Å². The van der Waals surface area contributed by atoms with Crippen molar-refractivity contribution in [2.45, 2.75) is 31.0 Å². The van der Waals surface area contributed by atoms with Gasteiger partial charge in [0.1, 0.15) is 18.6 Å². The van der Waals surface area contributed by atoms with Crippen LogP contribution in [0.2, 0.25) is 0 Å². The average molecular weight is 435 g/mol. The molecule has 2 heterocycles. The van der Waals surface area contributed by atoms with Gasteiger partial charge in [0.05, 0.1) is 17.4 Å². The van der Waals surface area contributed by atoms with Crippen molar-refractivity contribution in [1.82, 2.24) is 10.6 Å². The first kappa shape index (κ1) is 21.4. The van der Waals surface area contributed by atoms with E-state index < -0.39 is 35.8 Å². The summed E-state index contributed by atoms with van der Waals surface area (Å²) in [5.74, 6) is -1.75. The lowest BCUT2D eigenvalue weighted by molar-refractivity contribution is -0.130. The molecule has 0 spiro atoms. The summed E-state index contributed by atoms with van der Waals surface area (Å²) < 4.78 is 0. The summed E-state index contributed by atoms with van der Waals surface area (Å²) >= 11 is 0. The molecule has 2 aromatic carbocycles. The molecule has 0 saturated carbocycles. The summed E-state index contributed by atoms with van der Waals surface area (Å²) in [6.45, 7) is -0.322. The number of fused-ring (bicyclic) bond motifs is 1. The van der Waals surface area contributed by atoms with Crippen LogP contribution in [0.5, 0.6) is 0 Å². The number of hydrogen-bond donors (Lipinski definition) is 3. The van der Waals surface area contributed by atoms with Crippen LogP contribution < -0.4 is 26.2 Å². The van der Waals surface area contributed by atoms with E-state index in [9.17, 15) is 19.2 Å². The minimum atomic E-state index is -1.01. The summed E-state index contributed by atoms with van der Waals surface area (Å²) in [7, 11) is 1.84. The van der Waals surface area contributed by atoms with E-state index in [2.05, 4.69) is 10.6 Å². The topological polar surface area (TPSA) is 125 Å². The number of para-hydroxylation sites is 2. The number of carbonyl (C=O) groups excluding carboxylic acids is 4. The van der Waals surface area contributed by atoms with Crippen LogP contribution in [0.15, 0.2) is 54.6 Å². The normalized spacial score (nSPS) is 22.7. The second-order valence-electron chi connectivity index (χ2n) is 7.99. The summed E-state index contributed by atoms with van der Waals surface area (Å²) in [6, 6.07) is 14.3. The van der Waals surface area contributed by atoms with Gasteiger partial charge in [-0.15, -0.1) is 0 Å². The minimum Gasteiger partial charge on any atom is -0.368 e. The molecule has 1 saturated heterocycles. The third-order valence-electron chi connectivity index (χ3n) is 5.88. The van der Waals surface area contributed by atoms with Crippen LogP contribution in [-0.4, -0.2) is 49.3 Å². The van der Waals surface area contributed by atoms with Crippen molar-refractivity contribution < 1.29 is 19.2 Å². The number of amides is 4. The molecule has 3 atom stereocenters. The fourth-order valence-electron chi connectivity index (χ4n) is 4.38. The maximum atomic E-state index is 13.8. The molecule has 0 aliphatic carbocycles. The number of hydrogen-bond acceptors (Lipinski definition) is 5. The number of benzene rings is 2. The van der Waals surface area contributed by atoms with Gasteiger partial charge in [-0.3, -0.25) is 24.1 Å². The molecule has 0 radical (unpaired) electrons. The highest BCUT2D eigenvalue weighted by Crippen LogP contribution is 2.39. The Morgan fingerprint density at radius 3 is 2.34 bits per heavy atom. The third-order valence-corrected chi connectivity index (χ3v) is 5.88. The Morgan fingerprint density at radius 1 is 1.06 bits per heavy atom. The fraction of sp³-hybridized carbons (Fsp3) is 0.304. The largest absolute Gasteiger partial charge is 0.368 e. The van der Waals surface area contributed by atoms with Gasteiger partial charge >= 0.3 is 0 Å². The number of likely N-dealkylation sites (N-methyl/N-ethyl adjacent to an activating group) is 1. The van der Waals surface area contributed by atoms with Crippen LogP contribution in [0.4, 0.5) is 11.4 Å². The number of nitrogens with zero attached hydrogens (tertiary/aromatic N) is 2. The molecule has 166 valence electrons. The van der Waals surface area contributed by atoms with E-state index in [0.29, 0.717) is 12.1 Å². The maximum absolute atomic E-state index is 13.8. The number of nitrogens with two attached hydrogens (primary N) is 1. The second-order valence-corrected chi connectivity index (χ2v) is 7.99. The molecule has 4 rings (SSSR count). The van der Waals surface area contributed by atoms with Gasteiger partial charge in [-0.1, -0.05) is 42.5 Å². The monoisotopic (exact) mass is 435 g/mol. The molecule has 0 unspecified atom stereocenters. The van der Waals surface area contributed by atoms with Gasteiger partial charge in [-0.25, -0.2) is 0 Å². The zero-order valence-electron chi connectivity index (χ0n) is 17.7. The first-order valence-electron chi connectivity index (χ1n) is 10.4. The average Bonchev–Trinajstić information content (AvgIpc) is 3.20. The van der Waals surface area contributed by atoms with E-state index in [-0.39, 0.29) is 18.9 Å². The van der Waals surface area contributed by atoms with Gasteiger partial charge in [0, 0.05) is 13.5 Å². The maximum Gasteiger partial charge on any atom is 0.252 e. The quantitative estimate of drug-likeness (QED) is 0.629.